The summed E-state index contributed by atoms with van der Waals surface area (Å²) < 4.78 is 24.7. The van der Waals surface area contributed by atoms with Crippen molar-refractivity contribution in [3.8, 4) is 0 Å². The quantitative estimate of drug-likeness (QED) is 0.810. The van der Waals surface area contributed by atoms with E-state index in [0.29, 0.717) is 12.2 Å². The van der Waals surface area contributed by atoms with Crippen molar-refractivity contribution in [2.45, 2.75) is 45.3 Å². The Morgan fingerprint density at radius 3 is 2.48 bits per heavy atom. The van der Waals surface area contributed by atoms with Crippen molar-refractivity contribution in [1.82, 2.24) is 14.8 Å². The fourth-order valence-corrected chi connectivity index (χ4v) is 3.28. The second-order valence-corrected chi connectivity index (χ2v) is 7.87. The molecule has 0 unspecified atom stereocenters. The molecular weight excluding hydrogens is 310 g/mol. The predicted molar refractivity (Wildman–Crippen MR) is 82.2 cm³/mol. The molecule has 0 radical (unpaired) electrons. The first kappa shape index (κ1) is 16.0. The first-order chi connectivity index (χ1) is 9.70. The lowest BCUT2D eigenvalue weighted by Crippen LogP contribution is -2.12. The highest BCUT2D eigenvalue weighted by molar-refractivity contribution is 8.13. The fourth-order valence-electron chi connectivity index (χ4n) is 2.27. The zero-order chi connectivity index (χ0) is 15.8. The molecule has 114 valence electrons. The molecule has 7 heteroatoms. The van der Waals surface area contributed by atoms with Crippen LogP contribution in [0.25, 0.3) is 0 Å². The number of nitrogens with zero attached hydrogens (tertiary/aromatic N) is 3. The molecule has 0 atom stereocenters. The highest BCUT2D eigenvalue weighted by Gasteiger charge is 2.24. The van der Waals surface area contributed by atoms with Crippen LogP contribution in [0, 0.1) is 13.8 Å². The van der Waals surface area contributed by atoms with Crippen LogP contribution in [0.1, 0.15) is 42.4 Å². The van der Waals surface area contributed by atoms with E-state index < -0.39 is 9.05 Å². The minimum Gasteiger partial charge on any atom is -0.298 e. The maximum atomic E-state index is 11.6. The number of aromatic nitrogens is 3. The maximum absolute atomic E-state index is 11.6. The Balaban J connectivity index is 2.50. The average molecular weight is 328 g/mol. The minimum atomic E-state index is -3.91. The summed E-state index contributed by atoms with van der Waals surface area (Å²) in [5.41, 5.74) is 3.38. The van der Waals surface area contributed by atoms with Crippen LogP contribution in [0.2, 0.25) is 0 Å². The van der Waals surface area contributed by atoms with E-state index in [1.54, 1.807) is 4.57 Å². The van der Waals surface area contributed by atoms with E-state index in [1.165, 1.54) is 0 Å². The lowest BCUT2D eigenvalue weighted by atomic mass is 10.0. The second kappa shape index (κ2) is 5.77. The predicted octanol–water partition coefficient (Wildman–Crippen LogP) is 2.99. The van der Waals surface area contributed by atoms with Gasteiger partial charge in [-0.25, -0.2) is 8.42 Å². The summed E-state index contributed by atoms with van der Waals surface area (Å²) in [6.45, 7) is 7.79. The molecule has 0 saturated heterocycles. The summed E-state index contributed by atoms with van der Waals surface area (Å²) in [5.74, 6) is 0.595. The highest BCUT2D eigenvalue weighted by Crippen LogP contribution is 2.22. The van der Waals surface area contributed by atoms with Gasteiger partial charge < -0.3 is 0 Å². The number of hydrogen-bond acceptors (Lipinski definition) is 4. The van der Waals surface area contributed by atoms with Gasteiger partial charge in [-0.05, 0) is 38.8 Å². The molecule has 0 aliphatic carbocycles. The Bertz CT molecular complexity index is 767. The van der Waals surface area contributed by atoms with E-state index in [0.717, 1.165) is 16.7 Å². The summed E-state index contributed by atoms with van der Waals surface area (Å²) in [7, 11) is 1.52. The van der Waals surface area contributed by atoms with Crippen molar-refractivity contribution in [2.24, 2.45) is 0 Å². The van der Waals surface area contributed by atoms with Crippen molar-refractivity contribution in [1.29, 1.82) is 0 Å². The molecule has 1 aromatic heterocycles. The van der Waals surface area contributed by atoms with Gasteiger partial charge in [0, 0.05) is 23.1 Å². The number of benzene rings is 1. The third kappa shape index (κ3) is 3.44. The van der Waals surface area contributed by atoms with Gasteiger partial charge >= 0.3 is 0 Å². The van der Waals surface area contributed by atoms with Crippen LogP contribution in [-0.2, 0) is 15.5 Å². The van der Waals surface area contributed by atoms with Crippen molar-refractivity contribution in [2.75, 3.05) is 0 Å². The zero-order valence-electron chi connectivity index (χ0n) is 12.5. The molecule has 0 aliphatic heterocycles. The van der Waals surface area contributed by atoms with Gasteiger partial charge in [0.15, 0.2) is 0 Å². The molecule has 0 bridgehead atoms. The van der Waals surface area contributed by atoms with Crippen LogP contribution < -0.4 is 0 Å². The largest absolute Gasteiger partial charge is 0.298 e. The van der Waals surface area contributed by atoms with Crippen molar-refractivity contribution in [3.63, 3.8) is 0 Å². The van der Waals surface area contributed by atoms with Gasteiger partial charge in [0.1, 0.15) is 5.82 Å². The lowest BCUT2D eigenvalue weighted by Gasteiger charge is -2.13. The van der Waals surface area contributed by atoms with Crippen molar-refractivity contribution in [3.05, 3.63) is 40.7 Å². The molecule has 0 spiro atoms. The number of halogens is 1. The van der Waals surface area contributed by atoms with Gasteiger partial charge in [-0.2, -0.15) is 0 Å². The maximum Gasteiger partial charge on any atom is 0.296 e. The van der Waals surface area contributed by atoms with Gasteiger partial charge in [-0.1, -0.05) is 23.8 Å². The van der Waals surface area contributed by atoms with E-state index in [2.05, 4.69) is 16.3 Å². The van der Waals surface area contributed by atoms with Crippen LogP contribution in [-0.4, -0.2) is 23.2 Å². The minimum absolute atomic E-state index is 0.0939. The molecule has 0 aliphatic rings. The van der Waals surface area contributed by atoms with Crippen LogP contribution >= 0.6 is 10.7 Å². The van der Waals surface area contributed by atoms with Crippen molar-refractivity contribution >= 4 is 19.7 Å². The topological polar surface area (TPSA) is 64.8 Å². The van der Waals surface area contributed by atoms with Gasteiger partial charge in [-0.15, -0.1) is 10.2 Å². The molecular formula is C14H18ClN3O2S. The average Bonchev–Trinajstić information content (AvgIpc) is 2.77. The summed E-state index contributed by atoms with van der Waals surface area (Å²) in [4.78, 5) is 0. The summed E-state index contributed by atoms with van der Waals surface area (Å²) in [6, 6.07) is 6.06. The number of rotatable bonds is 4. The highest BCUT2D eigenvalue weighted by atomic mass is 35.7. The molecule has 1 aromatic carbocycles. The Hall–Kier alpha value is -1.40. The molecule has 21 heavy (non-hydrogen) atoms. The van der Waals surface area contributed by atoms with Gasteiger partial charge in [0.25, 0.3) is 14.2 Å². The van der Waals surface area contributed by atoms with Crippen LogP contribution in [0.5, 0.6) is 0 Å². The molecule has 0 amide bonds. The fraction of sp³-hybridized carbons (Fsp3) is 0.429. The standard InChI is InChI=1S/C14H18ClN3O2S/c1-9(2)18-13(16-17-14(18)21(15,19)20)8-12-7-10(3)5-6-11(12)4/h5-7,9H,8H2,1-4H3. The normalized spacial score (nSPS) is 12.1. The SMILES string of the molecule is Cc1ccc(C)c(Cc2nnc(S(=O)(=O)Cl)n2C(C)C)c1. The first-order valence-electron chi connectivity index (χ1n) is 6.64. The summed E-state index contributed by atoms with van der Waals surface area (Å²) in [5, 5.41) is 7.57. The third-order valence-electron chi connectivity index (χ3n) is 3.32. The molecule has 2 rings (SSSR count). The number of hydrogen-bond donors (Lipinski definition) is 0. The van der Waals surface area contributed by atoms with E-state index in [-0.39, 0.29) is 11.2 Å². The zero-order valence-corrected chi connectivity index (χ0v) is 14.0. The molecule has 1 heterocycles. The Labute approximate surface area is 129 Å². The molecule has 0 fully saturated rings. The number of aryl methyl sites for hydroxylation is 2. The van der Waals surface area contributed by atoms with E-state index >= 15 is 0 Å². The van der Waals surface area contributed by atoms with E-state index in [4.69, 9.17) is 10.7 Å². The molecule has 0 saturated carbocycles. The molecule has 2 aromatic rings. The Kier molecular flexibility index (Phi) is 4.39. The summed E-state index contributed by atoms with van der Waals surface area (Å²) >= 11 is 0. The Morgan fingerprint density at radius 2 is 1.90 bits per heavy atom. The summed E-state index contributed by atoms with van der Waals surface area (Å²) in [6.07, 6.45) is 0.519. The van der Waals surface area contributed by atoms with Crippen LogP contribution in [0.3, 0.4) is 0 Å². The Morgan fingerprint density at radius 1 is 1.24 bits per heavy atom. The third-order valence-corrected chi connectivity index (χ3v) is 4.45. The smallest absolute Gasteiger partial charge is 0.296 e. The second-order valence-electron chi connectivity index (χ2n) is 5.41. The van der Waals surface area contributed by atoms with Crippen molar-refractivity contribution < 1.29 is 8.42 Å². The molecule has 0 N–H and O–H groups in total. The van der Waals surface area contributed by atoms with Gasteiger partial charge in [0.2, 0.25) is 0 Å². The lowest BCUT2D eigenvalue weighted by molar-refractivity contribution is 0.512. The monoisotopic (exact) mass is 327 g/mol. The molecule has 5 nitrogen and oxygen atoms in total. The van der Waals surface area contributed by atoms with Crippen LogP contribution in [0.4, 0.5) is 0 Å². The van der Waals surface area contributed by atoms with E-state index in [1.807, 2.05) is 39.8 Å². The van der Waals surface area contributed by atoms with Crippen LogP contribution in [0.15, 0.2) is 23.4 Å². The van der Waals surface area contributed by atoms with Gasteiger partial charge in [-0.3, -0.25) is 4.57 Å². The van der Waals surface area contributed by atoms with Gasteiger partial charge in [0.05, 0.1) is 0 Å². The first-order valence-corrected chi connectivity index (χ1v) is 8.95. The van der Waals surface area contributed by atoms with E-state index in [9.17, 15) is 8.42 Å².